The van der Waals surface area contributed by atoms with Crippen molar-refractivity contribution in [1.29, 1.82) is 0 Å². The molecular formula is C23H25N3O6S. The molecule has 0 fully saturated rings. The van der Waals surface area contributed by atoms with Gasteiger partial charge in [0, 0.05) is 48.4 Å². The quantitative estimate of drug-likeness (QED) is 0.297. The van der Waals surface area contributed by atoms with E-state index in [-0.39, 0.29) is 29.0 Å². The van der Waals surface area contributed by atoms with Gasteiger partial charge in [0.2, 0.25) is 10.0 Å². The number of nitrogens with zero attached hydrogens (tertiary/aromatic N) is 3. The molecule has 0 saturated heterocycles. The third-order valence-corrected chi connectivity index (χ3v) is 8.09. The number of esters is 1. The lowest BCUT2D eigenvalue weighted by Crippen LogP contribution is -2.42. The normalized spacial score (nSPS) is 16.0. The highest BCUT2D eigenvalue weighted by molar-refractivity contribution is 7.89. The van der Waals surface area contributed by atoms with Crippen LogP contribution in [0.1, 0.15) is 24.6 Å². The molecule has 1 atom stereocenters. The number of para-hydroxylation sites is 1. The minimum Gasteiger partial charge on any atom is -0.466 e. The van der Waals surface area contributed by atoms with E-state index in [1.165, 1.54) is 35.6 Å². The molecule has 3 aromatic rings. The molecule has 4 rings (SSSR count). The van der Waals surface area contributed by atoms with Crippen LogP contribution in [0.25, 0.3) is 10.9 Å². The number of hydrogen-bond acceptors (Lipinski definition) is 6. The number of nitro groups is 1. The van der Waals surface area contributed by atoms with Crippen molar-refractivity contribution in [3.05, 3.63) is 69.9 Å². The van der Waals surface area contributed by atoms with Gasteiger partial charge in [0.05, 0.1) is 22.8 Å². The van der Waals surface area contributed by atoms with E-state index in [1.54, 1.807) is 6.92 Å². The van der Waals surface area contributed by atoms with Crippen LogP contribution in [0.2, 0.25) is 0 Å². The zero-order chi connectivity index (χ0) is 23.8. The number of non-ortho nitro benzene ring substituents is 1. The molecule has 33 heavy (non-hydrogen) atoms. The number of rotatable bonds is 7. The molecule has 0 aliphatic carbocycles. The van der Waals surface area contributed by atoms with E-state index in [0.717, 1.165) is 22.2 Å². The maximum Gasteiger partial charge on any atom is 0.310 e. The molecule has 0 radical (unpaired) electrons. The number of carbonyl (C=O) groups is 1. The van der Waals surface area contributed by atoms with E-state index in [2.05, 4.69) is 4.57 Å². The number of aromatic nitrogens is 1. The first-order chi connectivity index (χ1) is 15.7. The van der Waals surface area contributed by atoms with E-state index in [1.807, 2.05) is 24.3 Å². The molecule has 1 aromatic heterocycles. The Morgan fingerprint density at radius 2 is 1.91 bits per heavy atom. The van der Waals surface area contributed by atoms with Gasteiger partial charge >= 0.3 is 5.97 Å². The van der Waals surface area contributed by atoms with Crippen molar-refractivity contribution >= 4 is 32.6 Å². The summed E-state index contributed by atoms with van der Waals surface area (Å²) in [6.07, 6.45) is 1.39. The van der Waals surface area contributed by atoms with Crippen molar-refractivity contribution in [3.8, 4) is 0 Å². The molecule has 1 aliphatic rings. The van der Waals surface area contributed by atoms with Crippen molar-refractivity contribution in [2.45, 2.75) is 43.7 Å². The Bertz CT molecular complexity index is 1310. The number of ether oxygens (including phenoxy) is 1. The molecule has 0 N–H and O–H groups in total. The van der Waals surface area contributed by atoms with Crippen LogP contribution < -0.4 is 0 Å². The average Bonchev–Trinajstić information content (AvgIpc) is 3.11. The number of hydrogen-bond donors (Lipinski definition) is 0. The number of benzene rings is 2. The predicted octanol–water partition coefficient (Wildman–Crippen LogP) is 3.29. The second-order valence-corrected chi connectivity index (χ2v) is 10.00. The number of nitro benzene ring substituents is 1. The Morgan fingerprint density at radius 1 is 1.21 bits per heavy atom. The Hall–Kier alpha value is -3.24. The van der Waals surface area contributed by atoms with Crippen LogP contribution >= 0.6 is 0 Å². The molecule has 0 bridgehead atoms. The summed E-state index contributed by atoms with van der Waals surface area (Å²) in [6, 6.07) is 12.4. The van der Waals surface area contributed by atoms with Crippen LogP contribution in [-0.2, 0) is 38.9 Å². The molecular weight excluding hydrogens is 446 g/mol. The standard InChI is InChI=1S/C23H25N3O6S/c1-3-32-23(27)14-20-19-6-4-5-7-21(19)25-15-17(10-13-22(20)25)24(2)33(30,31)18-11-8-16(9-12-18)26(28)29/h4-9,11-12,17H,3,10,13-15H2,1-2H3. The largest absolute Gasteiger partial charge is 0.466 e. The van der Waals surface area contributed by atoms with Gasteiger partial charge in [0.15, 0.2) is 0 Å². The van der Waals surface area contributed by atoms with Gasteiger partial charge in [-0.05, 0) is 43.5 Å². The van der Waals surface area contributed by atoms with Crippen molar-refractivity contribution in [1.82, 2.24) is 8.87 Å². The number of carbonyl (C=O) groups excluding carboxylic acids is 1. The van der Waals surface area contributed by atoms with Gasteiger partial charge in [-0.25, -0.2) is 8.42 Å². The fourth-order valence-corrected chi connectivity index (χ4v) is 5.86. The summed E-state index contributed by atoms with van der Waals surface area (Å²) < 4.78 is 35.0. The number of fused-ring (bicyclic) bond motifs is 3. The van der Waals surface area contributed by atoms with Gasteiger partial charge in [-0.15, -0.1) is 0 Å². The average molecular weight is 472 g/mol. The summed E-state index contributed by atoms with van der Waals surface area (Å²) in [5.41, 5.74) is 2.76. The summed E-state index contributed by atoms with van der Waals surface area (Å²) in [5.74, 6) is -0.281. The zero-order valence-corrected chi connectivity index (χ0v) is 19.2. The maximum atomic E-state index is 13.2. The maximum absolute atomic E-state index is 13.2. The van der Waals surface area contributed by atoms with Gasteiger partial charge in [-0.3, -0.25) is 14.9 Å². The molecule has 1 unspecified atom stereocenters. The third kappa shape index (κ3) is 4.23. The van der Waals surface area contributed by atoms with E-state index < -0.39 is 14.9 Å². The molecule has 9 nitrogen and oxygen atoms in total. The summed E-state index contributed by atoms with van der Waals surface area (Å²) in [7, 11) is -2.29. The van der Waals surface area contributed by atoms with Crippen molar-refractivity contribution < 1.29 is 22.9 Å². The fraction of sp³-hybridized carbons (Fsp3) is 0.348. The highest BCUT2D eigenvalue weighted by Crippen LogP contribution is 2.33. The first-order valence-electron chi connectivity index (χ1n) is 10.7. The minimum atomic E-state index is -3.83. The van der Waals surface area contributed by atoms with Gasteiger partial charge < -0.3 is 9.30 Å². The smallest absolute Gasteiger partial charge is 0.310 e. The summed E-state index contributed by atoms with van der Waals surface area (Å²) in [4.78, 5) is 22.5. The summed E-state index contributed by atoms with van der Waals surface area (Å²) in [5, 5.41) is 11.9. The Balaban J connectivity index is 1.64. The molecule has 0 saturated carbocycles. The first kappa shape index (κ1) is 22.9. The Kier molecular flexibility index (Phi) is 6.22. The first-order valence-corrected chi connectivity index (χ1v) is 12.1. The van der Waals surface area contributed by atoms with E-state index >= 15 is 0 Å². The second-order valence-electron chi connectivity index (χ2n) is 8.00. The van der Waals surface area contributed by atoms with Crippen molar-refractivity contribution in [2.24, 2.45) is 0 Å². The van der Waals surface area contributed by atoms with Crippen LogP contribution in [-0.4, -0.2) is 47.9 Å². The van der Waals surface area contributed by atoms with E-state index in [9.17, 15) is 23.3 Å². The van der Waals surface area contributed by atoms with Gasteiger partial charge in [0.1, 0.15) is 0 Å². The second kappa shape index (κ2) is 8.95. The molecule has 2 aromatic carbocycles. The lowest BCUT2D eigenvalue weighted by atomic mass is 10.0. The fourth-order valence-electron chi connectivity index (χ4n) is 4.48. The summed E-state index contributed by atoms with van der Waals surface area (Å²) >= 11 is 0. The third-order valence-electron chi connectivity index (χ3n) is 6.17. The summed E-state index contributed by atoms with van der Waals surface area (Å²) in [6.45, 7) is 2.54. The van der Waals surface area contributed by atoms with Gasteiger partial charge in [0.25, 0.3) is 5.69 Å². The molecule has 10 heteroatoms. The topological polar surface area (TPSA) is 112 Å². The molecule has 0 amide bonds. The lowest BCUT2D eigenvalue weighted by molar-refractivity contribution is -0.384. The molecule has 1 aliphatic heterocycles. The van der Waals surface area contributed by atoms with Crippen LogP contribution in [0.4, 0.5) is 5.69 Å². The zero-order valence-electron chi connectivity index (χ0n) is 18.4. The van der Waals surface area contributed by atoms with Gasteiger partial charge in [-0.2, -0.15) is 4.31 Å². The number of sulfonamides is 1. The van der Waals surface area contributed by atoms with Crippen LogP contribution in [0, 0.1) is 10.1 Å². The lowest BCUT2D eigenvalue weighted by Gasteiger charge is -2.32. The highest BCUT2D eigenvalue weighted by atomic mass is 32.2. The van der Waals surface area contributed by atoms with Crippen LogP contribution in [0.5, 0.6) is 0 Å². The number of likely N-dealkylation sites (N-methyl/N-ethyl adjacent to an activating group) is 1. The van der Waals surface area contributed by atoms with Crippen LogP contribution in [0.15, 0.2) is 53.4 Å². The molecule has 2 heterocycles. The van der Waals surface area contributed by atoms with Crippen molar-refractivity contribution in [3.63, 3.8) is 0 Å². The van der Waals surface area contributed by atoms with Crippen LogP contribution in [0.3, 0.4) is 0 Å². The van der Waals surface area contributed by atoms with E-state index in [4.69, 9.17) is 4.74 Å². The predicted molar refractivity (Wildman–Crippen MR) is 122 cm³/mol. The minimum absolute atomic E-state index is 0.0155. The van der Waals surface area contributed by atoms with Gasteiger partial charge in [-0.1, -0.05) is 18.2 Å². The Morgan fingerprint density at radius 3 is 2.58 bits per heavy atom. The van der Waals surface area contributed by atoms with Crippen molar-refractivity contribution in [2.75, 3.05) is 13.7 Å². The monoisotopic (exact) mass is 471 g/mol. The van der Waals surface area contributed by atoms with E-state index in [0.29, 0.717) is 26.0 Å². The Labute approximate surface area is 191 Å². The molecule has 174 valence electrons. The molecule has 0 spiro atoms. The highest BCUT2D eigenvalue weighted by Gasteiger charge is 2.33. The SMILES string of the molecule is CCOC(=O)Cc1c2n(c3ccccc13)CC(N(C)S(=O)(=O)c1ccc([N+](=O)[O-])cc1)CC2.